The van der Waals surface area contributed by atoms with Crippen molar-refractivity contribution in [3.63, 3.8) is 0 Å². The second-order valence-corrected chi connectivity index (χ2v) is 12.0. The van der Waals surface area contributed by atoms with Gasteiger partial charge in [-0.25, -0.2) is 4.98 Å². The lowest BCUT2D eigenvalue weighted by atomic mass is 9.53. The first-order valence-electron chi connectivity index (χ1n) is 12.2. The van der Waals surface area contributed by atoms with Crippen molar-refractivity contribution in [2.24, 2.45) is 23.2 Å². The molecule has 33 heavy (non-hydrogen) atoms. The summed E-state index contributed by atoms with van der Waals surface area (Å²) < 4.78 is 0. The number of aromatic nitrogens is 1. The minimum absolute atomic E-state index is 0.00592. The molecule has 6 atom stereocenters. The normalized spacial score (nSPS) is 29.9. The van der Waals surface area contributed by atoms with Crippen molar-refractivity contribution in [2.75, 3.05) is 34.2 Å². The Balaban J connectivity index is 1.55. The van der Waals surface area contributed by atoms with Gasteiger partial charge in [0.1, 0.15) is 5.01 Å². The molecule has 180 valence electrons. The van der Waals surface area contributed by atoms with Gasteiger partial charge in [0.2, 0.25) is 5.91 Å². The van der Waals surface area contributed by atoms with Crippen LogP contribution < -0.4 is 0 Å². The van der Waals surface area contributed by atoms with Gasteiger partial charge in [-0.2, -0.15) is 0 Å². The molecule has 0 radical (unpaired) electrons. The third-order valence-electron chi connectivity index (χ3n) is 8.23. The summed E-state index contributed by atoms with van der Waals surface area (Å²) in [5.74, 6) is 0.263. The standard InChI is InChI=1S/C27H39N3O2S/c1-17(26(32)30(6)15-14-29(4)5)20-12-13-27(3)16-21-23(18(2)22(27)24(20)31)28-25(33-21)19-10-8-7-9-11-19/h7-11,17-18,20,22,24,31H,12-16H2,1-6H3. The Morgan fingerprint density at radius 3 is 2.61 bits per heavy atom. The fraction of sp³-hybridized carbons (Fsp3) is 0.630. The summed E-state index contributed by atoms with van der Waals surface area (Å²) in [7, 11) is 5.93. The van der Waals surface area contributed by atoms with E-state index in [1.807, 2.05) is 50.4 Å². The third kappa shape index (κ3) is 4.62. The highest BCUT2D eigenvalue weighted by atomic mass is 32.1. The summed E-state index contributed by atoms with van der Waals surface area (Å²) in [6, 6.07) is 10.4. The maximum atomic E-state index is 13.2. The van der Waals surface area contributed by atoms with Gasteiger partial charge in [0.15, 0.2) is 0 Å². The molecule has 0 saturated heterocycles. The van der Waals surface area contributed by atoms with Crippen molar-refractivity contribution < 1.29 is 9.90 Å². The number of hydrogen-bond acceptors (Lipinski definition) is 5. The molecule has 1 aromatic carbocycles. The zero-order chi connectivity index (χ0) is 23.9. The summed E-state index contributed by atoms with van der Waals surface area (Å²) >= 11 is 1.81. The molecular formula is C27H39N3O2S. The van der Waals surface area contributed by atoms with Crippen LogP contribution in [0.4, 0.5) is 0 Å². The second kappa shape index (κ2) is 9.47. The number of benzene rings is 1. The van der Waals surface area contributed by atoms with Gasteiger partial charge in [0.05, 0.1) is 11.8 Å². The molecular weight excluding hydrogens is 430 g/mol. The van der Waals surface area contributed by atoms with E-state index < -0.39 is 6.10 Å². The number of fused-ring (bicyclic) bond motifs is 2. The smallest absolute Gasteiger partial charge is 0.225 e. The highest BCUT2D eigenvalue weighted by molar-refractivity contribution is 7.15. The lowest BCUT2D eigenvalue weighted by molar-refractivity contribution is -0.143. The molecule has 1 aromatic heterocycles. The van der Waals surface area contributed by atoms with Crippen LogP contribution in [0.2, 0.25) is 0 Å². The molecule has 6 unspecified atom stereocenters. The van der Waals surface area contributed by atoms with Crippen molar-refractivity contribution >= 4 is 17.2 Å². The monoisotopic (exact) mass is 469 g/mol. The van der Waals surface area contributed by atoms with Crippen LogP contribution in [0.25, 0.3) is 10.6 Å². The number of carbonyl (C=O) groups excluding carboxylic acids is 1. The number of aliphatic hydroxyl groups excluding tert-OH is 1. The molecule has 6 heteroatoms. The van der Waals surface area contributed by atoms with Crippen LogP contribution in [0.3, 0.4) is 0 Å². The Morgan fingerprint density at radius 2 is 1.94 bits per heavy atom. The molecule has 0 spiro atoms. The van der Waals surface area contributed by atoms with Gasteiger partial charge in [0.25, 0.3) is 0 Å². The highest BCUT2D eigenvalue weighted by Crippen LogP contribution is 2.57. The molecule has 1 heterocycles. The Bertz CT molecular complexity index is 975. The molecule has 1 amide bonds. The molecule has 1 saturated carbocycles. The highest BCUT2D eigenvalue weighted by Gasteiger charge is 2.54. The summed E-state index contributed by atoms with van der Waals surface area (Å²) in [5.41, 5.74) is 2.36. The van der Waals surface area contributed by atoms with Crippen LogP contribution >= 0.6 is 11.3 Å². The topological polar surface area (TPSA) is 56.7 Å². The summed E-state index contributed by atoms with van der Waals surface area (Å²) in [5, 5.41) is 12.7. The first-order chi connectivity index (χ1) is 15.6. The number of aliphatic hydroxyl groups is 1. The molecule has 1 fully saturated rings. The molecule has 1 N–H and O–H groups in total. The minimum atomic E-state index is -0.491. The van der Waals surface area contributed by atoms with E-state index in [0.29, 0.717) is 6.54 Å². The van der Waals surface area contributed by atoms with Gasteiger partial charge >= 0.3 is 0 Å². The molecule has 0 aliphatic heterocycles. The number of likely N-dealkylation sites (N-methyl/N-ethyl adjacent to an activating group) is 2. The predicted octanol–water partition coefficient (Wildman–Crippen LogP) is 4.52. The molecule has 5 nitrogen and oxygen atoms in total. The number of thiazole rings is 1. The second-order valence-electron chi connectivity index (χ2n) is 10.9. The van der Waals surface area contributed by atoms with E-state index in [4.69, 9.17) is 4.98 Å². The Hall–Kier alpha value is -1.76. The van der Waals surface area contributed by atoms with Crippen LogP contribution in [-0.2, 0) is 11.2 Å². The minimum Gasteiger partial charge on any atom is -0.392 e. The van der Waals surface area contributed by atoms with Crippen molar-refractivity contribution in [1.82, 2.24) is 14.8 Å². The fourth-order valence-corrected chi connectivity index (χ4v) is 7.61. The van der Waals surface area contributed by atoms with E-state index >= 15 is 0 Å². The van der Waals surface area contributed by atoms with Crippen LogP contribution in [0.1, 0.15) is 50.1 Å². The SMILES string of the molecule is CC(C(=O)N(C)CCN(C)C)C1CCC2(C)Cc3sc(-c4ccccc4)nc3C(C)C2C1O. The van der Waals surface area contributed by atoms with E-state index in [2.05, 4.69) is 43.0 Å². The largest absolute Gasteiger partial charge is 0.392 e. The number of nitrogens with zero attached hydrogens (tertiary/aromatic N) is 3. The van der Waals surface area contributed by atoms with Gasteiger partial charge in [-0.05, 0) is 50.6 Å². The van der Waals surface area contributed by atoms with Gasteiger partial charge < -0.3 is 14.9 Å². The zero-order valence-corrected chi connectivity index (χ0v) is 21.7. The number of carbonyl (C=O) groups is 1. The molecule has 0 bridgehead atoms. The zero-order valence-electron chi connectivity index (χ0n) is 20.9. The van der Waals surface area contributed by atoms with Crippen LogP contribution in [0, 0.1) is 23.2 Å². The van der Waals surface area contributed by atoms with Crippen molar-refractivity contribution in [2.45, 2.75) is 52.1 Å². The fourth-order valence-electron chi connectivity index (χ4n) is 6.24. The van der Waals surface area contributed by atoms with E-state index in [9.17, 15) is 9.90 Å². The Morgan fingerprint density at radius 1 is 1.24 bits per heavy atom. The van der Waals surface area contributed by atoms with Crippen molar-refractivity contribution in [3.8, 4) is 10.6 Å². The maximum absolute atomic E-state index is 13.2. The number of amides is 1. The summed E-state index contributed by atoms with van der Waals surface area (Å²) in [6.07, 6.45) is 2.42. The third-order valence-corrected chi connectivity index (χ3v) is 9.35. The quantitative estimate of drug-likeness (QED) is 0.676. The average Bonchev–Trinajstić information content (AvgIpc) is 3.21. The van der Waals surface area contributed by atoms with Crippen LogP contribution in [-0.4, -0.2) is 66.1 Å². The van der Waals surface area contributed by atoms with Gasteiger partial charge in [0, 0.05) is 42.4 Å². The Kier molecular flexibility index (Phi) is 7.00. The average molecular weight is 470 g/mol. The molecule has 2 aliphatic rings. The van der Waals surface area contributed by atoms with E-state index in [1.54, 1.807) is 0 Å². The maximum Gasteiger partial charge on any atom is 0.225 e. The van der Waals surface area contributed by atoms with Gasteiger partial charge in [-0.3, -0.25) is 4.79 Å². The first kappa shape index (κ1) is 24.4. The predicted molar refractivity (Wildman–Crippen MR) is 135 cm³/mol. The lowest BCUT2D eigenvalue weighted by Crippen LogP contribution is -2.53. The Labute approximate surface area is 202 Å². The number of rotatable bonds is 6. The summed E-state index contributed by atoms with van der Waals surface area (Å²) in [4.78, 5) is 23.5. The van der Waals surface area contributed by atoms with E-state index in [-0.39, 0.29) is 35.0 Å². The van der Waals surface area contributed by atoms with E-state index in [1.165, 1.54) is 4.88 Å². The number of hydrogen-bond donors (Lipinski definition) is 1. The van der Waals surface area contributed by atoms with E-state index in [0.717, 1.165) is 42.1 Å². The molecule has 4 rings (SSSR count). The van der Waals surface area contributed by atoms with Gasteiger partial charge in [-0.1, -0.05) is 51.1 Å². The van der Waals surface area contributed by atoms with Crippen molar-refractivity contribution in [1.29, 1.82) is 0 Å². The summed E-state index contributed by atoms with van der Waals surface area (Å²) in [6.45, 7) is 8.14. The van der Waals surface area contributed by atoms with Crippen LogP contribution in [0.15, 0.2) is 30.3 Å². The van der Waals surface area contributed by atoms with Gasteiger partial charge in [-0.15, -0.1) is 11.3 Å². The van der Waals surface area contributed by atoms with Crippen LogP contribution in [0.5, 0.6) is 0 Å². The molecule has 2 aromatic rings. The molecule has 2 aliphatic carbocycles. The lowest BCUT2D eigenvalue weighted by Gasteiger charge is -2.53. The first-order valence-corrected chi connectivity index (χ1v) is 13.1. The van der Waals surface area contributed by atoms with Crippen molar-refractivity contribution in [3.05, 3.63) is 40.9 Å².